The Kier molecular flexibility index (Phi) is 8.71. The SMILES string of the molecule is COC(=O)c1ccc(Nc2cc(N3CCC[C@H](N)C3)c(-c3cnn(C4CCOCC4)c3)cn2)nc1-c1c(F)cccc1OC. The van der Waals surface area contributed by atoms with Gasteiger partial charge < -0.3 is 30.2 Å². The third-order valence-corrected chi connectivity index (χ3v) is 8.15. The quantitative estimate of drug-likeness (QED) is 0.267. The van der Waals surface area contributed by atoms with Crippen LogP contribution in [-0.4, -0.2) is 72.3 Å². The number of esters is 1. The topological polar surface area (TPSA) is 130 Å². The molecule has 4 aromatic rings. The second kappa shape index (κ2) is 13.0. The molecule has 12 heteroatoms. The Balaban J connectivity index is 1.37. The zero-order chi connectivity index (χ0) is 30.6. The van der Waals surface area contributed by atoms with E-state index in [1.54, 1.807) is 18.2 Å². The summed E-state index contributed by atoms with van der Waals surface area (Å²) >= 11 is 0. The number of nitrogens with zero attached hydrogens (tertiary/aromatic N) is 5. The van der Waals surface area contributed by atoms with Crippen molar-refractivity contribution in [3.8, 4) is 28.1 Å². The minimum Gasteiger partial charge on any atom is -0.496 e. The maximum Gasteiger partial charge on any atom is 0.340 e. The largest absolute Gasteiger partial charge is 0.496 e. The molecule has 230 valence electrons. The zero-order valence-corrected chi connectivity index (χ0v) is 24.8. The summed E-state index contributed by atoms with van der Waals surface area (Å²) in [6.07, 6.45) is 9.60. The number of hydrogen-bond donors (Lipinski definition) is 2. The van der Waals surface area contributed by atoms with Crippen LogP contribution in [0.1, 0.15) is 42.1 Å². The highest BCUT2D eigenvalue weighted by Gasteiger charge is 2.25. The van der Waals surface area contributed by atoms with Crippen molar-refractivity contribution < 1.29 is 23.4 Å². The van der Waals surface area contributed by atoms with E-state index in [1.165, 1.54) is 26.4 Å². The summed E-state index contributed by atoms with van der Waals surface area (Å²) in [7, 11) is 2.70. The van der Waals surface area contributed by atoms with Crippen LogP contribution in [0, 0.1) is 5.82 Å². The van der Waals surface area contributed by atoms with E-state index in [0.717, 1.165) is 62.3 Å². The molecule has 0 aliphatic carbocycles. The fraction of sp³-hybridized carbons (Fsp3) is 0.375. The third-order valence-electron chi connectivity index (χ3n) is 8.15. The predicted octanol–water partition coefficient (Wildman–Crippen LogP) is 4.96. The Bertz CT molecular complexity index is 1640. The average molecular weight is 602 g/mol. The number of benzene rings is 1. The van der Waals surface area contributed by atoms with Crippen molar-refractivity contribution in [3.05, 3.63) is 66.4 Å². The smallest absolute Gasteiger partial charge is 0.340 e. The maximum atomic E-state index is 15.1. The summed E-state index contributed by atoms with van der Waals surface area (Å²) in [5.74, 6) is -0.0767. The number of nitrogens with one attached hydrogen (secondary N) is 1. The van der Waals surface area contributed by atoms with Gasteiger partial charge in [0.05, 0.1) is 43.3 Å². The summed E-state index contributed by atoms with van der Waals surface area (Å²) in [6.45, 7) is 3.05. The molecule has 0 radical (unpaired) electrons. The Hall–Kier alpha value is -4.55. The molecule has 0 spiro atoms. The Morgan fingerprint density at radius 2 is 1.95 bits per heavy atom. The minimum absolute atomic E-state index is 0.0619. The van der Waals surface area contributed by atoms with Gasteiger partial charge in [-0.25, -0.2) is 19.2 Å². The van der Waals surface area contributed by atoms with Crippen LogP contribution < -0.4 is 20.7 Å². The molecule has 0 unspecified atom stereocenters. The Labute approximate surface area is 255 Å². The number of rotatable bonds is 8. The van der Waals surface area contributed by atoms with Gasteiger partial charge in [0.1, 0.15) is 23.2 Å². The highest BCUT2D eigenvalue weighted by Crippen LogP contribution is 2.37. The van der Waals surface area contributed by atoms with Crippen molar-refractivity contribution in [3.63, 3.8) is 0 Å². The second-order valence-corrected chi connectivity index (χ2v) is 11.0. The van der Waals surface area contributed by atoms with Crippen LogP contribution in [0.2, 0.25) is 0 Å². The van der Waals surface area contributed by atoms with E-state index in [-0.39, 0.29) is 28.6 Å². The summed E-state index contributed by atoms with van der Waals surface area (Å²) in [4.78, 5) is 24.3. The predicted molar refractivity (Wildman–Crippen MR) is 165 cm³/mol. The molecule has 0 amide bonds. The van der Waals surface area contributed by atoms with Gasteiger partial charge in [0.15, 0.2) is 0 Å². The van der Waals surface area contributed by atoms with Crippen LogP contribution in [-0.2, 0) is 9.47 Å². The van der Waals surface area contributed by atoms with Gasteiger partial charge in [-0.1, -0.05) is 6.07 Å². The fourth-order valence-corrected chi connectivity index (χ4v) is 5.88. The van der Waals surface area contributed by atoms with E-state index in [1.807, 2.05) is 23.1 Å². The number of piperidine rings is 1. The molecule has 0 bridgehead atoms. The molecule has 44 heavy (non-hydrogen) atoms. The Morgan fingerprint density at radius 3 is 2.73 bits per heavy atom. The second-order valence-electron chi connectivity index (χ2n) is 11.0. The third kappa shape index (κ3) is 6.08. The van der Waals surface area contributed by atoms with Crippen molar-refractivity contribution in [2.45, 2.75) is 37.8 Å². The van der Waals surface area contributed by atoms with E-state index >= 15 is 4.39 Å². The number of ether oxygens (including phenoxy) is 3. The number of aromatic nitrogens is 4. The molecule has 6 rings (SSSR count). The molecular formula is C32H36FN7O4. The van der Waals surface area contributed by atoms with Crippen LogP contribution in [0.15, 0.2) is 55.0 Å². The van der Waals surface area contributed by atoms with Gasteiger partial charge >= 0.3 is 5.97 Å². The Morgan fingerprint density at radius 1 is 1.11 bits per heavy atom. The fourth-order valence-electron chi connectivity index (χ4n) is 5.88. The summed E-state index contributed by atoms with van der Waals surface area (Å²) in [5.41, 5.74) is 9.55. The van der Waals surface area contributed by atoms with Gasteiger partial charge in [-0.05, 0) is 49.9 Å². The number of pyridine rings is 2. The highest BCUT2D eigenvalue weighted by molar-refractivity contribution is 5.97. The lowest BCUT2D eigenvalue weighted by molar-refractivity contribution is 0.0601. The van der Waals surface area contributed by atoms with Crippen molar-refractivity contribution in [2.24, 2.45) is 5.73 Å². The molecular weight excluding hydrogens is 565 g/mol. The summed E-state index contributed by atoms with van der Waals surface area (Å²) < 4.78 is 33.0. The van der Waals surface area contributed by atoms with E-state index in [9.17, 15) is 4.79 Å². The number of carbonyl (C=O) groups excluding carboxylic acids is 1. The van der Waals surface area contributed by atoms with Crippen LogP contribution in [0.5, 0.6) is 5.75 Å². The van der Waals surface area contributed by atoms with E-state index in [0.29, 0.717) is 24.2 Å². The summed E-state index contributed by atoms with van der Waals surface area (Å²) in [5, 5.41) is 7.93. The van der Waals surface area contributed by atoms with E-state index in [2.05, 4.69) is 26.5 Å². The number of hydrogen-bond acceptors (Lipinski definition) is 10. The monoisotopic (exact) mass is 601 g/mol. The van der Waals surface area contributed by atoms with Crippen molar-refractivity contribution in [2.75, 3.05) is 50.7 Å². The molecule has 3 N–H and O–H groups in total. The molecule has 5 heterocycles. The van der Waals surface area contributed by atoms with Gasteiger partial charge in [0, 0.05) is 67.6 Å². The van der Waals surface area contributed by atoms with Gasteiger partial charge in [-0.3, -0.25) is 4.68 Å². The molecule has 3 aromatic heterocycles. The average Bonchev–Trinajstić information content (AvgIpc) is 3.55. The van der Waals surface area contributed by atoms with Gasteiger partial charge in [0.2, 0.25) is 0 Å². The highest BCUT2D eigenvalue weighted by atomic mass is 19.1. The molecule has 0 saturated carbocycles. The van der Waals surface area contributed by atoms with E-state index < -0.39 is 11.8 Å². The van der Waals surface area contributed by atoms with Gasteiger partial charge in [-0.15, -0.1) is 0 Å². The summed E-state index contributed by atoms with van der Waals surface area (Å²) in [6, 6.07) is 9.96. The molecule has 2 aliphatic rings. The van der Waals surface area contributed by atoms with Crippen molar-refractivity contribution in [1.82, 2.24) is 19.7 Å². The standard InChI is InChI=1S/C32H36FN7O4/c1-42-27-7-3-6-25(33)30(27)31-23(32(41)43-2)8-9-28(38-31)37-29-15-26(39-12-4-5-21(34)19-39)24(17-35-29)20-16-36-40(18-20)22-10-13-44-14-11-22/h3,6-9,15-18,21-22H,4-5,10-14,19,34H2,1-2H3,(H,35,37,38)/t21-/m0/s1. The zero-order valence-electron chi connectivity index (χ0n) is 24.8. The van der Waals surface area contributed by atoms with Crippen molar-refractivity contribution >= 4 is 23.3 Å². The molecule has 1 atom stereocenters. The molecule has 1 aromatic carbocycles. The lowest BCUT2D eigenvalue weighted by Gasteiger charge is -2.34. The lowest BCUT2D eigenvalue weighted by Crippen LogP contribution is -2.43. The first kappa shape index (κ1) is 29.5. The van der Waals surface area contributed by atoms with Crippen LogP contribution >= 0.6 is 0 Å². The maximum absolute atomic E-state index is 15.1. The number of nitrogens with two attached hydrogens (primary N) is 1. The normalized spacial score (nSPS) is 17.4. The first-order valence-electron chi connectivity index (χ1n) is 14.8. The molecule has 11 nitrogen and oxygen atoms in total. The van der Waals surface area contributed by atoms with Gasteiger partial charge in [0.25, 0.3) is 0 Å². The first-order valence-corrected chi connectivity index (χ1v) is 14.8. The van der Waals surface area contributed by atoms with E-state index in [4.69, 9.17) is 24.9 Å². The van der Waals surface area contributed by atoms with Crippen LogP contribution in [0.3, 0.4) is 0 Å². The lowest BCUT2D eigenvalue weighted by atomic mass is 10.0. The number of anilines is 3. The first-order chi connectivity index (χ1) is 21.4. The molecule has 2 fully saturated rings. The van der Waals surface area contributed by atoms with Gasteiger partial charge in [-0.2, -0.15) is 5.10 Å². The molecule has 2 aliphatic heterocycles. The van der Waals surface area contributed by atoms with Crippen LogP contribution in [0.4, 0.5) is 21.7 Å². The van der Waals surface area contributed by atoms with Crippen LogP contribution in [0.25, 0.3) is 22.4 Å². The number of halogens is 1. The minimum atomic E-state index is -0.642. The van der Waals surface area contributed by atoms with Crippen molar-refractivity contribution in [1.29, 1.82) is 0 Å². The molecule has 2 saturated heterocycles. The number of carbonyl (C=O) groups is 1. The number of methoxy groups -OCH3 is 2.